The second kappa shape index (κ2) is 6.71. The topological polar surface area (TPSA) is 46.1 Å². The van der Waals surface area contributed by atoms with E-state index in [-0.39, 0.29) is 5.91 Å². The Morgan fingerprint density at radius 2 is 1.83 bits per heavy atom. The van der Waals surface area contributed by atoms with E-state index in [1.807, 2.05) is 56.4 Å². The molecule has 0 fully saturated rings. The Bertz CT molecular complexity index is 800. The largest absolute Gasteiger partial charge is 0.337 e. The predicted octanol–water partition coefficient (Wildman–Crippen LogP) is 3.79. The zero-order valence-electron chi connectivity index (χ0n) is 13.1. The second-order valence-corrected chi connectivity index (χ2v) is 6.32. The van der Waals surface area contributed by atoms with E-state index in [9.17, 15) is 4.79 Å². The van der Waals surface area contributed by atoms with E-state index in [0.717, 1.165) is 21.8 Å². The maximum atomic E-state index is 12.7. The van der Waals surface area contributed by atoms with E-state index in [1.54, 1.807) is 17.3 Å². The highest BCUT2D eigenvalue weighted by Crippen LogP contribution is 2.28. The van der Waals surface area contributed by atoms with Crippen LogP contribution in [0.25, 0.3) is 10.6 Å². The Morgan fingerprint density at radius 3 is 2.52 bits per heavy atom. The van der Waals surface area contributed by atoms with Gasteiger partial charge in [-0.3, -0.25) is 9.78 Å². The molecule has 1 amide bonds. The lowest BCUT2D eigenvalue weighted by Crippen LogP contribution is -2.26. The molecule has 0 spiro atoms. The number of nitrogens with zero attached hydrogens (tertiary/aromatic N) is 3. The Kier molecular flexibility index (Phi) is 4.48. The van der Waals surface area contributed by atoms with Crippen molar-refractivity contribution in [3.05, 3.63) is 71.0 Å². The fourth-order valence-electron chi connectivity index (χ4n) is 2.32. The van der Waals surface area contributed by atoms with Crippen LogP contribution in [-0.2, 0) is 6.54 Å². The molecule has 2 heterocycles. The quantitative estimate of drug-likeness (QED) is 0.734. The minimum absolute atomic E-state index is 0.00385. The maximum absolute atomic E-state index is 12.7. The van der Waals surface area contributed by atoms with Crippen LogP contribution in [0.3, 0.4) is 0 Å². The van der Waals surface area contributed by atoms with Gasteiger partial charge in [-0.25, -0.2) is 4.98 Å². The van der Waals surface area contributed by atoms with Crippen LogP contribution in [0.5, 0.6) is 0 Å². The van der Waals surface area contributed by atoms with Gasteiger partial charge in [0.05, 0.1) is 5.69 Å². The van der Waals surface area contributed by atoms with Crippen LogP contribution < -0.4 is 0 Å². The third-order valence-electron chi connectivity index (χ3n) is 3.53. The standard InChI is InChI=1S/C18H17N3OS/c1-13-16(23-17(20-13)15-8-10-19-11-9-15)18(22)21(2)12-14-6-4-3-5-7-14/h3-11H,12H2,1-2H3. The van der Waals surface area contributed by atoms with Crippen molar-refractivity contribution in [1.29, 1.82) is 0 Å². The van der Waals surface area contributed by atoms with Gasteiger partial charge in [-0.2, -0.15) is 0 Å². The van der Waals surface area contributed by atoms with Gasteiger partial charge in [0.2, 0.25) is 0 Å². The Hall–Kier alpha value is -2.53. The van der Waals surface area contributed by atoms with Gasteiger partial charge in [-0.15, -0.1) is 11.3 Å². The lowest BCUT2D eigenvalue weighted by atomic mass is 10.2. The lowest BCUT2D eigenvalue weighted by Gasteiger charge is -2.16. The summed E-state index contributed by atoms with van der Waals surface area (Å²) in [7, 11) is 1.82. The second-order valence-electron chi connectivity index (χ2n) is 5.32. The molecule has 0 N–H and O–H groups in total. The highest BCUT2D eigenvalue weighted by molar-refractivity contribution is 7.17. The molecule has 0 saturated carbocycles. The first-order valence-electron chi connectivity index (χ1n) is 7.32. The highest BCUT2D eigenvalue weighted by atomic mass is 32.1. The van der Waals surface area contributed by atoms with Crippen LogP contribution in [0, 0.1) is 6.92 Å². The molecule has 0 atom stereocenters. The van der Waals surface area contributed by atoms with E-state index in [4.69, 9.17) is 0 Å². The summed E-state index contributed by atoms with van der Waals surface area (Å²) in [6.45, 7) is 2.46. The number of aryl methyl sites for hydroxylation is 1. The van der Waals surface area contributed by atoms with Crippen LogP contribution in [-0.4, -0.2) is 27.8 Å². The number of aromatic nitrogens is 2. The molecule has 1 aromatic carbocycles. The number of rotatable bonds is 4. The summed E-state index contributed by atoms with van der Waals surface area (Å²) < 4.78 is 0. The van der Waals surface area contributed by atoms with Gasteiger partial charge >= 0.3 is 0 Å². The van der Waals surface area contributed by atoms with Crippen LogP contribution in [0.1, 0.15) is 20.9 Å². The molecule has 4 nitrogen and oxygen atoms in total. The summed E-state index contributed by atoms with van der Waals surface area (Å²) in [6.07, 6.45) is 3.46. The van der Waals surface area contributed by atoms with E-state index in [1.165, 1.54) is 11.3 Å². The maximum Gasteiger partial charge on any atom is 0.265 e. The van der Waals surface area contributed by atoms with E-state index in [0.29, 0.717) is 11.4 Å². The molecular weight excluding hydrogens is 306 g/mol. The first-order chi connectivity index (χ1) is 11.1. The predicted molar refractivity (Wildman–Crippen MR) is 92.3 cm³/mol. The Morgan fingerprint density at radius 1 is 1.13 bits per heavy atom. The molecule has 0 aliphatic heterocycles. The van der Waals surface area contributed by atoms with E-state index < -0.39 is 0 Å². The van der Waals surface area contributed by atoms with Crippen molar-refractivity contribution in [2.24, 2.45) is 0 Å². The average Bonchev–Trinajstić information content (AvgIpc) is 2.97. The van der Waals surface area contributed by atoms with Crippen molar-refractivity contribution in [3.8, 4) is 10.6 Å². The van der Waals surface area contributed by atoms with Crippen LogP contribution in [0.2, 0.25) is 0 Å². The smallest absolute Gasteiger partial charge is 0.265 e. The SMILES string of the molecule is Cc1nc(-c2ccncc2)sc1C(=O)N(C)Cc1ccccc1. The molecule has 3 rings (SSSR count). The molecule has 0 radical (unpaired) electrons. The van der Waals surface area contributed by atoms with Gasteiger partial charge in [0.1, 0.15) is 9.88 Å². The monoisotopic (exact) mass is 323 g/mol. The zero-order valence-corrected chi connectivity index (χ0v) is 13.9. The van der Waals surface area contributed by atoms with E-state index in [2.05, 4.69) is 9.97 Å². The molecule has 3 aromatic rings. The van der Waals surface area contributed by atoms with Crippen LogP contribution in [0.15, 0.2) is 54.9 Å². The van der Waals surface area contributed by atoms with Crippen LogP contribution >= 0.6 is 11.3 Å². The van der Waals surface area contributed by atoms with Crippen molar-refractivity contribution >= 4 is 17.2 Å². The number of carbonyl (C=O) groups excluding carboxylic acids is 1. The number of benzene rings is 1. The molecule has 0 bridgehead atoms. The molecular formula is C18H17N3OS. The average molecular weight is 323 g/mol. The van der Waals surface area contributed by atoms with Crippen molar-refractivity contribution in [3.63, 3.8) is 0 Å². The minimum atomic E-state index is 0.00385. The molecule has 0 saturated heterocycles. The molecule has 0 unspecified atom stereocenters. The number of pyridine rings is 1. The van der Waals surface area contributed by atoms with Gasteiger partial charge in [0, 0.05) is 31.5 Å². The number of thiazole rings is 1. The van der Waals surface area contributed by atoms with Crippen molar-refractivity contribution < 1.29 is 4.79 Å². The summed E-state index contributed by atoms with van der Waals surface area (Å²) in [5.74, 6) is 0.00385. The molecule has 2 aromatic heterocycles. The highest BCUT2D eigenvalue weighted by Gasteiger charge is 2.19. The fourth-order valence-corrected chi connectivity index (χ4v) is 3.38. The van der Waals surface area contributed by atoms with Gasteiger partial charge in [-0.05, 0) is 24.6 Å². The zero-order chi connectivity index (χ0) is 16.2. The number of carbonyl (C=O) groups is 1. The molecule has 5 heteroatoms. The summed E-state index contributed by atoms with van der Waals surface area (Å²) in [5.41, 5.74) is 2.87. The number of hydrogen-bond donors (Lipinski definition) is 0. The summed E-state index contributed by atoms with van der Waals surface area (Å²) in [5, 5.41) is 0.848. The Balaban J connectivity index is 1.81. The van der Waals surface area contributed by atoms with Gasteiger partial charge in [0.25, 0.3) is 5.91 Å². The number of hydrogen-bond acceptors (Lipinski definition) is 4. The third kappa shape index (κ3) is 3.46. The normalized spacial score (nSPS) is 10.5. The van der Waals surface area contributed by atoms with Gasteiger partial charge in [0.15, 0.2) is 0 Å². The van der Waals surface area contributed by atoms with Crippen LogP contribution in [0.4, 0.5) is 0 Å². The van der Waals surface area contributed by atoms with E-state index >= 15 is 0 Å². The summed E-state index contributed by atoms with van der Waals surface area (Å²) in [6, 6.07) is 13.8. The van der Waals surface area contributed by atoms with Gasteiger partial charge in [-0.1, -0.05) is 30.3 Å². The third-order valence-corrected chi connectivity index (χ3v) is 4.72. The molecule has 0 aliphatic rings. The first kappa shape index (κ1) is 15.4. The fraction of sp³-hybridized carbons (Fsp3) is 0.167. The van der Waals surface area contributed by atoms with Crippen molar-refractivity contribution in [2.45, 2.75) is 13.5 Å². The summed E-state index contributed by atoms with van der Waals surface area (Å²) >= 11 is 1.43. The van der Waals surface area contributed by atoms with Crippen molar-refractivity contribution in [2.75, 3.05) is 7.05 Å². The van der Waals surface area contributed by atoms with Gasteiger partial charge < -0.3 is 4.90 Å². The molecule has 23 heavy (non-hydrogen) atoms. The lowest BCUT2D eigenvalue weighted by molar-refractivity contribution is 0.0789. The molecule has 0 aliphatic carbocycles. The van der Waals surface area contributed by atoms with Crippen molar-refractivity contribution in [1.82, 2.24) is 14.9 Å². The number of amides is 1. The Labute approximate surface area is 139 Å². The summed E-state index contributed by atoms with van der Waals surface area (Å²) in [4.78, 5) is 23.7. The molecule has 116 valence electrons. The first-order valence-corrected chi connectivity index (χ1v) is 8.14. The minimum Gasteiger partial charge on any atom is -0.337 e.